The summed E-state index contributed by atoms with van der Waals surface area (Å²) < 4.78 is 20.1. The van der Waals surface area contributed by atoms with Gasteiger partial charge >= 0.3 is 5.97 Å². The number of nitrogens with one attached hydrogen (secondary N) is 2. The van der Waals surface area contributed by atoms with Crippen molar-refractivity contribution in [2.24, 2.45) is 5.10 Å². The van der Waals surface area contributed by atoms with Gasteiger partial charge in [-0.05, 0) is 75.9 Å². The van der Waals surface area contributed by atoms with Crippen molar-refractivity contribution >= 4 is 73.3 Å². The van der Waals surface area contributed by atoms with Gasteiger partial charge in [0.25, 0.3) is 11.8 Å². The summed E-state index contributed by atoms with van der Waals surface area (Å²) in [6, 6.07) is 20.5. The molecular weight excluding hydrogens is 653 g/mol. The number of hydrogen-bond acceptors (Lipinski definition) is 6. The lowest BCUT2D eigenvalue weighted by Crippen LogP contribution is -2.32. The number of thiophene rings is 1. The summed E-state index contributed by atoms with van der Waals surface area (Å²) in [6.45, 7) is 0. The molecule has 39 heavy (non-hydrogen) atoms. The van der Waals surface area contributed by atoms with Gasteiger partial charge in [0.2, 0.25) is 0 Å². The van der Waals surface area contributed by atoms with E-state index in [9.17, 15) is 18.8 Å². The van der Waals surface area contributed by atoms with Gasteiger partial charge in [-0.3, -0.25) is 9.59 Å². The molecule has 3 aromatic carbocycles. The Labute approximate surface area is 243 Å². The molecule has 1 aromatic heterocycles. The quantitative estimate of drug-likeness (QED) is 0.0731. The Balaban J connectivity index is 1.54. The predicted molar refractivity (Wildman–Crippen MR) is 155 cm³/mol. The van der Waals surface area contributed by atoms with Crippen molar-refractivity contribution in [2.45, 2.75) is 0 Å². The minimum absolute atomic E-state index is 0.0170. The Bertz CT molecular complexity index is 1580. The summed E-state index contributed by atoms with van der Waals surface area (Å²) in [5, 5.41) is 8.47. The van der Waals surface area contributed by atoms with Crippen molar-refractivity contribution in [3.8, 4) is 5.75 Å². The molecule has 7 nitrogen and oxygen atoms in total. The molecular formula is C28H18Br2FN3O4S. The minimum atomic E-state index is -0.777. The number of nitrogens with zero attached hydrogens (tertiary/aromatic N) is 1. The second kappa shape index (κ2) is 13.2. The maximum atomic E-state index is 13.6. The van der Waals surface area contributed by atoms with E-state index in [1.165, 1.54) is 41.8 Å². The summed E-state index contributed by atoms with van der Waals surface area (Å²) in [4.78, 5) is 39.1. The van der Waals surface area contributed by atoms with E-state index in [1.54, 1.807) is 48.5 Å². The molecule has 0 spiro atoms. The van der Waals surface area contributed by atoms with Crippen LogP contribution in [0.1, 0.15) is 31.2 Å². The molecule has 4 rings (SSSR count). The Morgan fingerprint density at radius 2 is 1.69 bits per heavy atom. The number of benzene rings is 3. The molecule has 0 aliphatic heterocycles. The van der Waals surface area contributed by atoms with Crippen LogP contribution in [0.5, 0.6) is 5.75 Å². The zero-order valence-electron chi connectivity index (χ0n) is 19.9. The molecule has 0 fully saturated rings. The van der Waals surface area contributed by atoms with Crippen LogP contribution in [0.25, 0.3) is 6.08 Å². The zero-order valence-corrected chi connectivity index (χ0v) is 23.8. The molecule has 2 N–H and O–H groups in total. The molecule has 0 saturated heterocycles. The summed E-state index contributed by atoms with van der Waals surface area (Å²) in [5.41, 5.74) is 3.12. The number of hydrazone groups is 1. The van der Waals surface area contributed by atoms with Gasteiger partial charge in [-0.25, -0.2) is 14.6 Å². The zero-order chi connectivity index (χ0) is 27.8. The molecule has 0 aliphatic rings. The molecule has 2 amide bonds. The highest BCUT2D eigenvalue weighted by molar-refractivity contribution is 9.11. The SMILES string of the molecule is O=C(NN=Cc1cc(Br)cc(Br)c1OC(=O)c1cccc(F)c1)C(=Cc1cccs1)NC(=O)c1ccccc1. The van der Waals surface area contributed by atoms with Crippen LogP contribution in [-0.4, -0.2) is 24.0 Å². The van der Waals surface area contributed by atoms with Crippen molar-refractivity contribution in [2.75, 3.05) is 0 Å². The molecule has 196 valence electrons. The Hall–Kier alpha value is -3.93. The van der Waals surface area contributed by atoms with Crippen LogP contribution in [0.4, 0.5) is 4.39 Å². The third-order valence-electron chi connectivity index (χ3n) is 5.02. The number of halogens is 3. The van der Waals surface area contributed by atoms with Gasteiger partial charge in [0.1, 0.15) is 11.5 Å². The van der Waals surface area contributed by atoms with Crippen molar-refractivity contribution in [3.05, 3.63) is 126 Å². The highest BCUT2D eigenvalue weighted by atomic mass is 79.9. The fourth-order valence-corrected chi connectivity index (χ4v) is 5.23. The number of ether oxygens (including phenoxy) is 1. The van der Waals surface area contributed by atoms with E-state index in [1.807, 2.05) is 11.4 Å². The first kappa shape index (κ1) is 28.1. The maximum absolute atomic E-state index is 13.6. The lowest BCUT2D eigenvalue weighted by Gasteiger charge is -2.11. The molecule has 4 aromatic rings. The van der Waals surface area contributed by atoms with Gasteiger partial charge in [0, 0.05) is 20.5 Å². The number of amides is 2. The molecule has 0 aliphatic carbocycles. The number of hydrogen-bond donors (Lipinski definition) is 2. The molecule has 0 saturated carbocycles. The topological polar surface area (TPSA) is 96.9 Å². The van der Waals surface area contributed by atoms with E-state index in [4.69, 9.17) is 4.74 Å². The van der Waals surface area contributed by atoms with Crippen LogP contribution in [-0.2, 0) is 4.79 Å². The average molecular weight is 671 g/mol. The first-order chi connectivity index (χ1) is 18.8. The summed E-state index contributed by atoms with van der Waals surface area (Å²) in [7, 11) is 0. The Morgan fingerprint density at radius 3 is 2.41 bits per heavy atom. The number of esters is 1. The van der Waals surface area contributed by atoms with Gasteiger partial charge in [0.15, 0.2) is 5.75 Å². The van der Waals surface area contributed by atoms with Crippen LogP contribution < -0.4 is 15.5 Å². The van der Waals surface area contributed by atoms with Crippen LogP contribution >= 0.6 is 43.2 Å². The first-order valence-corrected chi connectivity index (χ1v) is 13.7. The smallest absolute Gasteiger partial charge is 0.343 e. The van der Waals surface area contributed by atoms with Gasteiger partial charge in [-0.1, -0.05) is 46.3 Å². The number of carbonyl (C=O) groups is 3. The second-order valence-corrected chi connectivity index (χ2v) is 10.5. The van der Waals surface area contributed by atoms with E-state index >= 15 is 0 Å². The van der Waals surface area contributed by atoms with E-state index in [-0.39, 0.29) is 17.0 Å². The average Bonchev–Trinajstić information content (AvgIpc) is 3.43. The van der Waals surface area contributed by atoms with Crippen molar-refractivity contribution in [3.63, 3.8) is 0 Å². The third-order valence-corrected chi connectivity index (χ3v) is 6.89. The minimum Gasteiger partial charge on any atom is -0.421 e. The fraction of sp³-hybridized carbons (Fsp3) is 0. The monoisotopic (exact) mass is 669 g/mol. The summed E-state index contributed by atoms with van der Waals surface area (Å²) in [5.74, 6) is -2.37. The maximum Gasteiger partial charge on any atom is 0.343 e. The molecule has 0 radical (unpaired) electrons. The van der Waals surface area contributed by atoms with Crippen molar-refractivity contribution < 1.29 is 23.5 Å². The standard InChI is InChI=1S/C28H18Br2FN3O4S/c29-20-12-19(25(23(30)14-20)38-28(37)18-8-4-9-21(31)13-18)16-32-34-27(36)24(15-22-10-5-11-39-22)33-26(35)17-6-2-1-3-7-17/h1-16H,(H,33,35)(H,34,36). The van der Waals surface area contributed by atoms with Gasteiger partial charge in [-0.2, -0.15) is 5.10 Å². The number of carbonyl (C=O) groups excluding carboxylic acids is 3. The fourth-order valence-electron chi connectivity index (χ4n) is 3.23. The van der Waals surface area contributed by atoms with Crippen LogP contribution in [0.3, 0.4) is 0 Å². The second-order valence-electron chi connectivity index (χ2n) is 7.80. The molecule has 0 unspecified atom stereocenters. The number of rotatable bonds is 8. The predicted octanol–water partition coefficient (Wildman–Crippen LogP) is 6.55. The third kappa shape index (κ3) is 7.79. The van der Waals surface area contributed by atoms with Gasteiger partial charge in [-0.15, -0.1) is 11.3 Å². The molecule has 1 heterocycles. The highest BCUT2D eigenvalue weighted by Gasteiger charge is 2.17. The molecule has 11 heteroatoms. The van der Waals surface area contributed by atoms with Crippen molar-refractivity contribution in [1.82, 2.24) is 10.7 Å². The van der Waals surface area contributed by atoms with E-state index < -0.39 is 23.6 Å². The molecule has 0 bridgehead atoms. The first-order valence-electron chi connectivity index (χ1n) is 11.2. The van der Waals surface area contributed by atoms with Crippen LogP contribution in [0.2, 0.25) is 0 Å². The van der Waals surface area contributed by atoms with E-state index in [0.29, 0.717) is 20.1 Å². The molecule has 0 atom stereocenters. The lowest BCUT2D eigenvalue weighted by atomic mass is 10.2. The van der Waals surface area contributed by atoms with E-state index in [0.717, 1.165) is 10.9 Å². The lowest BCUT2D eigenvalue weighted by molar-refractivity contribution is -0.117. The summed E-state index contributed by atoms with van der Waals surface area (Å²) in [6.07, 6.45) is 2.82. The van der Waals surface area contributed by atoms with Crippen LogP contribution in [0, 0.1) is 5.82 Å². The van der Waals surface area contributed by atoms with Gasteiger partial charge < -0.3 is 10.1 Å². The Morgan fingerprint density at radius 1 is 0.923 bits per heavy atom. The van der Waals surface area contributed by atoms with Crippen molar-refractivity contribution in [1.29, 1.82) is 0 Å². The summed E-state index contributed by atoms with van der Waals surface area (Å²) >= 11 is 8.12. The Kier molecular flexibility index (Phi) is 9.53. The largest absolute Gasteiger partial charge is 0.421 e. The van der Waals surface area contributed by atoms with E-state index in [2.05, 4.69) is 47.7 Å². The van der Waals surface area contributed by atoms with Gasteiger partial charge in [0.05, 0.1) is 16.3 Å². The van der Waals surface area contributed by atoms with Crippen LogP contribution in [0.15, 0.2) is 104 Å². The highest BCUT2D eigenvalue weighted by Crippen LogP contribution is 2.32. The normalized spacial score (nSPS) is 11.3.